The summed E-state index contributed by atoms with van der Waals surface area (Å²) >= 11 is 1.34. The van der Waals surface area contributed by atoms with Gasteiger partial charge in [-0.15, -0.1) is 0 Å². The summed E-state index contributed by atoms with van der Waals surface area (Å²) in [6, 6.07) is 0. The van der Waals surface area contributed by atoms with Crippen LogP contribution in [0.25, 0.3) is 10.2 Å². The van der Waals surface area contributed by atoms with Crippen molar-refractivity contribution in [3.63, 3.8) is 0 Å². The second-order valence-electron chi connectivity index (χ2n) is 4.81. The van der Waals surface area contributed by atoms with E-state index in [1.165, 1.54) is 38.5 Å². The molecular formula is C11H11N3O3S2. The first kappa shape index (κ1) is 11.6. The first-order valence-corrected chi connectivity index (χ1v) is 8.28. The van der Waals surface area contributed by atoms with Crippen LogP contribution in [0.5, 0.6) is 0 Å². The van der Waals surface area contributed by atoms with Crippen LogP contribution in [0, 0.1) is 0 Å². The Morgan fingerprint density at radius 2 is 1.68 bits per heavy atom. The van der Waals surface area contributed by atoms with Crippen LogP contribution < -0.4 is 9.61 Å². The molecule has 1 aromatic heterocycles. The Kier molecular flexibility index (Phi) is 2.23. The summed E-state index contributed by atoms with van der Waals surface area (Å²) in [5.74, 6) is 0. The Bertz CT molecular complexity index is 761. The van der Waals surface area contributed by atoms with Gasteiger partial charge in [-0.3, -0.25) is 0 Å². The van der Waals surface area contributed by atoms with Gasteiger partial charge in [0.1, 0.15) is 0 Å². The molecule has 0 bridgehead atoms. The number of rotatable bonds is 3. The van der Waals surface area contributed by atoms with E-state index in [1.807, 2.05) is 0 Å². The predicted molar refractivity (Wildman–Crippen MR) is 71.9 cm³/mol. The van der Waals surface area contributed by atoms with Gasteiger partial charge in [0, 0.05) is 0 Å². The molecule has 100 valence electrons. The molecule has 2 aliphatic carbocycles. The van der Waals surface area contributed by atoms with Crippen molar-refractivity contribution in [2.75, 3.05) is 4.72 Å². The van der Waals surface area contributed by atoms with Crippen molar-refractivity contribution in [1.82, 2.24) is 9.87 Å². The lowest BCUT2D eigenvalue weighted by molar-refractivity contribution is 0.243. The number of nitrogens with zero attached hydrogens (tertiary/aromatic N) is 1. The van der Waals surface area contributed by atoms with Gasteiger partial charge < -0.3 is 5.21 Å². The fraction of sp³-hybridized carbons (Fsp3) is 0.364. The topological polar surface area (TPSA) is 91.3 Å². The molecular weight excluding hydrogens is 286 g/mol. The van der Waals surface area contributed by atoms with E-state index in [0.717, 1.165) is 35.9 Å². The zero-order valence-corrected chi connectivity index (χ0v) is 11.5. The van der Waals surface area contributed by atoms with Crippen molar-refractivity contribution in [3.8, 4) is 0 Å². The first-order chi connectivity index (χ1) is 9.09. The van der Waals surface area contributed by atoms with Crippen LogP contribution >= 0.6 is 11.3 Å². The molecule has 0 aliphatic heterocycles. The van der Waals surface area contributed by atoms with Crippen molar-refractivity contribution >= 4 is 36.9 Å². The summed E-state index contributed by atoms with van der Waals surface area (Å²) in [6.45, 7) is 0. The molecule has 0 saturated carbocycles. The molecule has 4 rings (SSSR count). The van der Waals surface area contributed by atoms with E-state index in [4.69, 9.17) is 5.21 Å². The molecule has 0 saturated heterocycles. The number of aryl methyl sites for hydroxylation is 2. The van der Waals surface area contributed by atoms with E-state index in [2.05, 4.69) is 9.71 Å². The molecule has 0 radical (unpaired) electrons. The number of aromatic nitrogens is 1. The number of fused-ring (bicyclic) bond motifs is 6. The van der Waals surface area contributed by atoms with Crippen LogP contribution in [0.4, 0.5) is 5.13 Å². The number of hydrogen-bond acceptors (Lipinski definition) is 5. The monoisotopic (exact) mass is 297 g/mol. The number of thiazole rings is 1. The molecule has 0 atom stereocenters. The molecule has 0 amide bonds. The fourth-order valence-corrected chi connectivity index (χ4v) is 4.60. The van der Waals surface area contributed by atoms with E-state index in [0.29, 0.717) is 5.13 Å². The van der Waals surface area contributed by atoms with Gasteiger partial charge in [0.15, 0.2) is 5.13 Å². The second kappa shape index (κ2) is 3.66. The average Bonchev–Trinajstić information content (AvgIpc) is 2.64. The van der Waals surface area contributed by atoms with Crippen LogP contribution in [0.1, 0.15) is 22.3 Å². The molecule has 2 aromatic rings. The van der Waals surface area contributed by atoms with Gasteiger partial charge in [0.2, 0.25) is 0 Å². The van der Waals surface area contributed by atoms with E-state index in [9.17, 15) is 8.42 Å². The quantitative estimate of drug-likeness (QED) is 0.741. The van der Waals surface area contributed by atoms with Crippen LogP contribution in [0.3, 0.4) is 0 Å². The van der Waals surface area contributed by atoms with Gasteiger partial charge in [-0.25, -0.2) is 9.71 Å². The van der Waals surface area contributed by atoms with Crippen LogP contribution in [0.15, 0.2) is 0 Å². The minimum absolute atomic E-state index is 0.297. The number of anilines is 1. The van der Waals surface area contributed by atoms with Gasteiger partial charge in [0.25, 0.3) is 0 Å². The van der Waals surface area contributed by atoms with Gasteiger partial charge in [-0.2, -0.15) is 8.42 Å². The highest BCUT2D eigenvalue weighted by molar-refractivity contribution is 7.90. The summed E-state index contributed by atoms with van der Waals surface area (Å²) in [5, 5.41) is 8.82. The third-order valence-electron chi connectivity index (χ3n) is 3.87. The maximum absolute atomic E-state index is 11.3. The van der Waals surface area contributed by atoms with Crippen molar-refractivity contribution in [2.45, 2.75) is 25.7 Å². The highest BCUT2D eigenvalue weighted by Gasteiger charge is 2.31. The normalized spacial score (nSPS) is 16.5. The maximum Gasteiger partial charge on any atom is 0.322 e. The van der Waals surface area contributed by atoms with E-state index in [1.54, 1.807) is 0 Å². The Labute approximate surface area is 113 Å². The average molecular weight is 297 g/mol. The van der Waals surface area contributed by atoms with Crippen LogP contribution in [-0.2, 0) is 35.9 Å². The summed E-state index contributed by atoms with van der Waals surface area (Å²) in [6.07, 6.45) is 4.31. The lowest BCUT2D eigenvalue weighted by Gasteiger charge is -2.31. The van der Waals surface area contributed by atoms with E-state index >= 15 is 0 Å². The van der Waals surface area contributed by atoms with Crippen LogP contribution in [0.2, 0.25) is 0 Å². The number of hydrogen-bond donors (Lipinski definition) is 3. The lowest BCUT2D eigenvalue weighted by Crippen LogP contribution is -2.26. The highest BCUT2D eigenvalue weighted by atomic mass is 32.2. The zero-order valence-electron chi connectivity index (χ0n) is 9.86. The molecule has 3 N–H and O–H groups in total. The van der Waals surface area contributed by atoms with Gasteiger partial charge in [-0.1, -0.05) is 16.2 Å². The molecule has 19 heavy (non-hydrogen) atoms. The van der Waals surface area contributed by atoms with Gasteiger partial charge in [0.05, 0.1) is 10.2 Å². The first-order valence-electron chi connectivity index (χ1n) is 5.98. The van der Waals surface area contributed by atoms with E-state index in [-0.39, 0.29) is 0 Å². The van der Waals surface area contributed by atoms with E-state index < -0.39 is 10.2 Å². The van der Waals surface area contributed by atoms with Gasteiger partial charge in [-0.05, 0) is 47.9 Å². The minimum atomic E-state index is -3.93. The molecule has 0 unspecified atom stereocenters. The SMILES string of the molecule is O=S(=O)(NO)Nc1nc2c3c(c4c(c2s1)CC4)CC3. The summed E-state index contributed by atoms with van der Waals surface area (Å²) in [4.78, 5) is 5.61. The lowest BCUT2D eigenvalue weighted by atomic mass is 9.74. The third kappa shape index (κ3) is 1.54. The van der Waals surface area contributed by atoms with Crippen LogP contribution in [-0.4, -0.2) is 18.6 Å². The Balaban J connectivity index is 1.89. The van der Waals surface area contributed by atoms with Gasteiger partial charge >= 0.3 is 10.2 Å². The number of nitrogens with one attached hydrogen (secondary N) is 2. The molecule has 0 fully saturated rings. The molecule has 0 spiro atoms. The fourth-order valence-electron chi connectivity index (χ4n) is 2.84. The molecule has 1 heterocycles. The minimum Gasteiger partial charge on any atom is -0.301 e. The zero-order chi connectivity index (χ0) is 13.2. The van der Waals surface area contributed by atoms with Crippen molar-refractivity contribution < 1.29 is 13.6 Å². The van der Waals surface area contributed by atoms with Crippen molar-refractivity contribution in [1.29, 1.82) is 0 Å². The number of benzene rings is 1. The maximum atomic E-state index is 11.3. The molecule has 8 heteroatoms. The Morgan fingerprint density at radius 1 is 1.05 bits per heavy atom. The Hall–Kier alpha value is -1.22. The molecule has 2 aliphatic rings. The summed E-state index contributed by atoms with van der Waals surface area (Å²) in [7, 11) is -3.93. The highest BCUT2D eigenvalue weighted by Crippen LogP contribution is 2.45. The van der Waals surface area contributed by atoms with Crippen molar-refractivity contribution in [2.24, 2.45) is 0 Å². The predicted octanol–water partition coefficient (Wildman–Crippen LogP) is 1.13. The standard InChI is InChI=1S/C11H11N3O3S2/c15-14-19(16,17)13-11-12-9-7-3-1-5(7)6-2-4-8(6)10(9)18-11/h14-15H,1-4H2,(H,12,13). The summed E-state index contributed by atoms with van der Waals surface area (Å²) < 4.78 is 25.9. The molecule has 6 nitrogen and oxygen atoms in total. The smallest absolute Gasteiger partial charge is 0.301 e. The largest absolute Gasteiger partial charge is 0.322 e. The summed E-state index contributed by atoms with van der Waals surface area (Å²) in [5.41, 5.74) is 6.40. The second-order valence-corrected chi connectivity index (χ2v) is 7.20. The van der Waals surface area contributed by atoms with Crippen molar-refractivity contribution in [3.05, 3.63) is 22.3 Å². The molecule has 1 aromatic carbocycles. The third-order valence-corrected chi connectivity index (χ3v) is 5.73. The Morgan fingerprint density at radius 3 is 2.26 bits per heavy atom.